The average molecular weight is 408 g/mol. The number of fused-ring (bicyclic) bond motifs is 1. The molecular weight excluding hydrogens is 395 g/mol. The Morgan fingerprint density at radius 1 is 1.24 bits per heavy atom. The predicted octanol–water partition coefficient (Wildman–Crippen LogP) is 4.77. The Morgan fingerprint density at radius 3 is 2.86 bits per heavy atom. The fourth-order valence-electron chi connectivity index (χ4n) is 2.14. The number of aryl methyl sites for hydroxylation is 2. The van der Waals surface area contributed by atoms with E-state index in [1.807, 2.05) is 50.2 Å². The van der Waals surface area contributed by atoms with Crippen LogP contribution < -0.4 is 5.32 Å². The quantitative estimate of drug-likeness (QED) is 0.621. The zero-order valence-corrected chi connectivity index (χ0v) is 14.6. The summed E-state index contributed by atoms with van der Waals surface area (Å²) >= 11 is 3.84. The van der Waals surface area contributed by atoms with Gasteiger partial charge in [-0.25, -0.2) is 4.98 Å². The summed E-state index contributed by atoms with van der Waals surface area (Å²) in [5.74, 6) is -0.0799. The Hall–Kier alpha value is -1.47. The summed E-state index contributed by atoms with van der Waals surface area (Å²) in [5, 5.41) is 3.99. The number of hydrogen-bond acceptors (Lipinski definition) is 3. The van der Waals surface area contributed by atoms with Gasteiger partial charge in [0, 0.05) is 9.26 Å². The minimum atomic E-state index is -0.0799. The molecule has 0 saturated carbocycles. The molecule has 0 radical (unpaired) electrons. The molecule has 3 nitrogen and oxygen atoms in total. The molecule has 0 aliphatic rings. The van der Waals surface area contributed by atoms with Gasteiger partial charge in [-0.3, -0.25) is 4.79 Å². The first-order valence-corrected chi connectivity index (χ1v) is 8.38. The molecule has 21 heavy (non-hydrogen) atoms. The summed E-state index contributed by atoms with van der Waals surface area (Å²) < 4.78 is 2.08. The highest BCUT2D eigenvalue weighted by Crippen LogP contribution is 2.25. The predicted molar refractivity (Wildman–Crippen MR) is 96.2 cm³/mol. The molecule has 0 fully saturated rings. The van der Waals surface area contributed by atoms with Crippen LogP contribution in [0.4, 0.5) is 5.69 Å². The molecule has 0 bridgehead atoms. The van der Waals surface area contributed by atoms with E-state index in [4.69, 9.17) is 0 Å². The third-order valence-corrected chi connectivity index (χ3v) is 5.56. The summed E-state index contributed by atoms with van der Waals surface area (Å²) in [6.45, 7) is 3.99. The summed E-state index contributed by atoms with van der Waals surface area (Å²) in [4.78, 5) is 16.8. The summed E-state index contributed by atoms with van der Waals surface area (Å²) in [6, 6.07) is 11.6. The summed E-state index contributed by atoms with van der Waals surface area (Å²) in [5.41, 5.74) is 3.59. The number of hydrogen-bond donors (Lipinski definition) is 1. The molecule has 0 aliphatic heterocycles. The second-order valence-electron chi connectivity index (χ2n) is 4.81. The van der Waals surface area contributed by atoms with Crippen molar-refractivity contribution in [3.05, 3.63) is 56.1 Å². The summed E-state index contributed by atoms with van der Waals surface area (Å²) in [6.07, 6.45) is 0. The first kappa shape index (κ1) is 14.5. The molecule has 2 aromatic carbocycles. The Bertz CT molecular complexity index is 841. The van der Waals surface area contributed by atoms with Crippen LogP contribution in [0, 0.1) is 17.4 Å². The Kier molecular flexibility index (Phi) is 3.95. The van der Waals surface area contributed by atoms with E-state index in [2.05, 4.69) is 32.9 Å². The molecule has 1 aromatic heterocycles. The van der Waals surface area contributed by atoms with Gasteiger partial charge in [-0.1, -0.05) is 12.1 Å². The van der Waals surface area contributed by atoms with Crippen LogP contribution in [-0.4, -0.2) is 10.9 Å². The number of halogens is 1. The lowest BCUT2D eigenvalue weighted by molar-refractivity contribution is 0.102. The molecular formula is C16H13IN2OS. The number of amides is 1. The lowest BCUT2D eigenvalue weighted by Crippen LogP contribution is -2.13. The molecule has 0 aliphatic carbocycles. The molecule has 0 saturated heterocycles. The van der Waals surface area contributed by atoms with E-state index in [0.717, 1.165) is 30.0 Å². The lowest BCUT2D eigenvalue weighted by Gasteiger charge is -2.08. The van der Waals surface area contributed by atoms with E-state index < -0.39 is 0 Å². The summed E-state index contributed by atoms with van der Waals surface area (Å²) in [7, 11) is 0. The number of nitrogens with one attached hydrogen (secondary N) is 1. The van der Waals surface area contributed by atoms with Crippen molar-refractivity contribution in [3.8, 4) is 0 Å². The molecule has 0 atom stereocenters. The molecule has 1 N–H and O–H groups in total. The molecule has 0 unspecified atom stereocenters. The monoisotopic (exact) mass is 408 g/mol. The largest absolute Gasteiger partial charge is 0.322 e. The zero-order chi connectivity index (χ0) is 15.0. The van der Waals surface area contributed by atoms with Crippen molar-refractivity contribution in [3.63, 3.8) is 0 Å². The van der Waals surface area contributed by atoms with Crippen molar-refractivity contribution < 1.29 is 4.79 Å². The Balaban J connectivity index is 1.90. The van der Waals surface area contributed by atoms with E-state index in [1.165, 1.54) is 0 Å². The van der Waals surface area contributed by atoms with Gasteiger partial charge in [-0.15, -0.1) is 11.3 Å². The molecule has 0 spiro atoms. The minimum absolute atomic E-state index is 0.0799. The van der Waals surface area contributed by atoms with Gasteiger partial charge < -0.3 is 5.32 Å². The molecule has 5 heteroatoms. The first-order chi connectivity index (χ1) is 10.0. The van der Waals surface area contributed by atoms with Gasteiger partial charge in [0.15, 0.2) is 0 Å². The highest BCUT2D eigenvalue weighted by Gasteiger charge is 2.12. The van der Waals surface area contributed by atoms with E-state index in [-0.39, 0.29) is 5.91 Å². The van der Waals surface area contributed by atoms with Crippen LogP contribution in [0.3, 0.4) is 0 Å². The van der Waals surface area contributed by atoms with Crippen LogP contribution in [0.5, 0.6) is 0 Å². The average Bonchev–Trinajstić information content (AvgIpc) is 2.81. The lowest BCUT2D eigenvalue weighted by atomic mass is 10.1. The maximum absolute atomic E-state index is 12.4. The second-order valence-corrected chi connectivity index (χ2v) is 7.12. The molecule has 1 heterocycles. The van der Waals surface area contributed by atoms with Gasteiger partial charge in [0.05, 0.1) is 20.8 Å². The maximum atomic E-state index is 12.4. The molecule has 106 valence electrons. The minimum Gasteiger partial charge on any atom is -0.322 e. The van der Waals surface area contributed by atoms with E-state index in [9.17, 15) is 4.79 Å². The fraction of sp³-hybridized carbons (Fsp3) is 0.125. The Labute approximate surface area is 140 Å². The van der Waals surface area contributed by atoms with Crippen molar-refractivity contribution in [2.75, 3.05) is 5.32 Å². The number of anilines is 1. The standard InChI is InChI=1S/C16H13IN2OS/c1-9-4-3-5-12(15(9)17)16(20)19-11-6-7-13-14(8-11)21-10(2)18-13/h3-8H,1-2H3,(H,19,20). The van der Waals surface area contributed by atoms with Crippen LogP contribution in [-0.2, 0) is 0 Å². The number of carbonyl (C=O) groups excluding carboxylic acids is 1. The van der Waals surface area contributed by atoms with Crippen LogP contribution in [0.25, 0.3) is 10.2 Å². The maximum Gasteiger partial charge on any atom is 0.256 e. The molecule has 3 aromatic rings. The third-order valence-electron chi connectivity index (χ3n) is 3.19. The van der Waals surface area contributed by atoms with Crippen LogP contribution in [0.1, 0.15) is 20.9 Å². The van der Waals surface area contributed by atoms with Gasteiger partial charge in [0.2, 0.25) is 0 Å². The van der Waals surface area contributed by atoms with Crippen molar-refractivity contribution in [1.29, 1.82) is 0 Å². The number of thiazole rings is 1. The number of rotatable bonds is 2. The fourth-order valence-corrected chi connectivity index (χ4v) is 3.61. The number of aromatic nitrogens is 1. The van der Waals surface area contributed by atoms with Crippen molar-refractivity contribution in [1.82, 2.24) is 4.98 Å². The first-order valence-electron chi connectivity index (χ1n) is 6.48. The van der Waals surface area contributed by atoms with Crippen LogP contribution in [0.15, 0.2) is 36.4 Å². The van der Waals surface area contributed by atoms with E-state index in [1.54, 1.807) is 11.3 Å². The SMILES string of the molecule is Cc1nc2ccc(NC(=O)c3cccc(C)c3I)cc2s1. The van der Waals surface area contributed by atoms with Crippen molar-refractivity contribution in [2.24, 2.45) is 0 Å². The number of benzene rings is 2. The second kappa shape index (κ2) is 5.73. The normalized spacial score (nSPS) is 10.8. The number of nitrogens with zero attached hydrogens (tertiary/aromatic N) is 1. The van der Waals surface area contributed by atoms with Gasteiger partial charge >= 0.3 is 0 Å². The smallest absolute Gasteiger partial charge is 0.256 e. The third kappa shape index (κ3) is 2.94. The van der Waals surface area contributed by atoms with Crippen LogP contribution in [0.2, 0.25) is 0 Å². The van der Waals surface area contributed by atoms with Gasteiger partial charge in [0.1, 0.15) is 0 Å². The molecule has 1 amide bonds. The number of carbonyl (C=O) groups is 1. The van der Waals surface area contributed by atoms with Crippen molar-refractivity contribution in [2.45, 2.75) is 13.8 Å². The highest BCUT2D eigenvalue weighted by molar-refractivity contribution is 14.1. The Morgan fingerprint density at radius 2 is 2.05 bits per heavy atom. The van der Waals surface area contributed by atoms with Gasteiger partial charge in [-0.2, -0.15) is 0 Å². The van der Waals surface area contributed by atoms with Crippen LogP contribution >= 0.6 is 33.9 Å². The highest BCUT2D eigenvalue weighted by atomic mass is 127. The van der Waals surface area contributed by atoms with Gasteiger partial charge in [0.25, 0.3) is 5.91 Å². The molecule has 3 rings (SSSR count). The van der Waals surface area contributed by atoms with Crippen molar-refractivity contribution >= 4 is 55.7 Å². The topological polar surface area (TPSA) is 42.0 Å². The van der Waals surface area contributed by atoms with Gasteiger partial charge in [-0.05, 0) is 66.3 Å². The van der Waals surface area contributed by atoms with E-state index >= 15 is 0 Å². The van der Waals surface area contributed by atoms with E-state index in [0.29, 0.717) is 5.56 Å². The zero-order valence-electron chi connectivity index (χ0n) is 11.6.